The maximum atomic E-state index is 13.7. The molecule has 1 aliphatic rings. The van der Waals surface area contributed by atoms with Crippen molar-refractivity contribution >= 4 is 21.5 Å². The number of carbonyl (C=O) groups is 1. The van der Waals surface area contributed by atoms with E-state index in [4.69, 9.17) is 0 Å². The maximum absolute atomic E-state index is 13.7. The van der Waals surface area contributed by atoms with Crippen LogP contribution in [0, 0.1) is 13.8 Å². The molecule has 0 spiro atoms. The van der Waals surface area contributed by atoms with Crippen molar-refractivity contribution in [2.45, 2.75) is 30.8 Å². The lowest BCUT2D eigenvalue weighted by molar-refractivity contribution is -0.137. The average molecular weight is 486 g/mol. The largest absolute Gasteiger partial charge is 0.416 e. The van der Waals surface area contributed by atoms with Crippen molar-refractivity contribution in [3.05, 3.63) is 107 Å². The number of sulfonamides is 1. The number of alkyl halides is 3. The van der Waals surface area contributed by atoms with Gasteiger partial charge < -0.3 is 0 Å². The molecule has 8 heteroatoms. The van der Waals surface area contributed by atoms with E-state index in [1.165, 1.54) is 30.3 Å². The molecule has 0 bridgehead atoms. The van der Waals surface area contributed by atoms with Gasteiger partial charge in [0.05, 0.1) is 22.9 Å². The van der Waals surface area contributed by atoms with Gasteiger partial charge in [-0.1, -0.05) is 65.7 Å². The second-order valence-electron chi connectivity index (χ2n) is 8.27. The summed E-state index contributed by atoms with van der Waals surface area (Å²) in [5, 5.41) is 0. The summed E-state index contributed by atoms with van der Waals surface area (Å²) in [5.41, 5.74) is 1.95. The number of aryl methyl sites for hydroxylation is 2. The smallest absolute Gasteiger partial charge is 0.273 e. The Kier molecular flexibility index (Phi) is 6.12. The summed E-state index contributed by atoms with van der Waals surface area (Å²) in [6, 6.07) is 17.9. The minimum absolute atomic E-state index is 0.0228. The molecule has 0 radical (unpaired) electrons. The second-order valence-corrected chi connectivity index (χ2v) is 10.1. The summed E-state index contributed by atoms with van der Waals surface area (Å²) in [4.78, 5) is 13.7. The zero-order chi connectivity index (χ0) is 24.7. The first kappa shape index (κ1) is 23.8. The second kappa shape index (κ2) is 8.76. The van der Waals surface area contributed by atoms with E-state index in [0.29, 0.717) is 11.1 Å². The van der Waals surface area contributed by atoms with E-state index in [0.717, 1.165) is 27.6 Å². The van der Waals surface area contributed by atoms with Crippen LogP contribution in [0.15, 0.2) is 83.8 Å². The third kappa shape index (κ3) is 4.50. The number of rotatable bonds is 4. The molecule has 0 fully saturated rings. The number of halogens is 3. The van der Waals surface area contributed by atoms with Crippen molar-refractivity contribution in [2.75, 3.05) is 6.54 Å². The highest BCUT2D eigenvalue weighted by atomic mass is 32.2. The number of amides is 1. The van der Waals surface area contributed by atoms with Crippen LogP contribution in [0.1, 0.15) is 33.7 Å². The first-order chi connectivity index (χ1) is 16.0. The number of benzene rings is 3. The molecular formula is C26H22F3NO3S. The predicted molar refractivity (Wildman–Crippen MR) is 123 cm³/mol. The van der Waals surface area contributed by atoms with Crippen LogP contribution in [0.2, 0.25) is 0 Å². The van der Waals surface area contributed by atoms with E-state index >= 15 is 0 Å². The molecule has 0 aromatic heterocycles. The number of hydrogen-bond donors (Lipinski definition) is 0. The van der Waals surface area contributed by atoms with Gasteiger partial charge in [0.25, 0.3) is 10.0 Å². The van der Waals surface area contributed by atoms with Gasteiger partial charge in [-0.05, 0) is 54.8 Å². The maximum Gasteiger partial charge on any atom is 0.416 e. The fourth-order valence-corrected chi connectivity index (χ4v) is 5.40. The molecule has 0 aliphatic carbocycles. The van der Waals surface area contributed by atoms with E-state index in [1.54, 1.807) is 30.3 Å². The van der Waals surface area contributed by atoms with Crippen LogP contribution in [0.5, 0.6) is 0 Å². The molecule has 1 amide bonds. The molecule has 4 nitrogen and oxygen atoms in total. The molecule has 176 valence electrons. The molecule has 0 saturated heterocycles. The summed E-state index contributed by atoms with van der Waals surface area (Å²) < 4.78 is 67.4. The number of hydrogen-bond acceptors (Lipinski definition) is 3. The van der Waals surface area contributed by atoms with Gasteiger partial charge in [0.15, 0.2) is 0 Å². The highest BCUT2D eigenvalue weighted by Gasteiger charge is 2.40. The SMILES string of the molecule is Cc1ccc(S(=O)(=O)N2CC=C(c3cccc(C(F)(F)F)c3)C(c3cccc(C)c3)C2=O)cc1. The van der Waals surface area contributed by atoms with Crippen LogP contribution in [0.3, 0.4) is 0 Å². The standard InChI is InChI=1S/C26H22F3NO3S/c1-17-9-11-22(12-10-17)34(32,33)30-14-13-23(19-6-4-8-21(16-19)26(27,28)29)24(25(30)31)20-7-3-5-18(2)15-20/h3-13,15-16,24H,14H2,1-2H3. The topological polar surface area (TPSA) is 54.5 Å². The molecule has 1 aliphatic heterocycles. The van der Waals surface area contributed by atoms with Crippen molar-refractivity contribution < 1.29 is 26.4 Å². The lowest BCUT2D eigenvalue weighted by Gasteiger charge is -2.32. The molecule has 1 unspecified atom stereocenters. The van der Waals surface area contributed by atoms with Crippen LogP contribution in [0.25, 0.3) is 5.57 Å². The van der Waals surface area contributed by atoms with Gasteiger partial charge >= 0.3 is 6.18 Å². The minimum atomic E-state index is -4.55. The van der Waals surface area contributed by atoms with E-state index in [9.17, 15) is 26.4 Å². The van der Waals surface area contributed by atoms with Crippen LogP contribution >= 0.6 is 0 Å². The minimum Gasteiger partial charge on any atom is -0.273 e. The van der Waals surface area contributed by atoms with Crippen LogP contribution in [-0.2, 0) is 21.0 Å². The lowest BCUT2D eigenvalue weighted by atomic mass is 9.83. The molecular weight excluding hydrogens is 463 g/mol. The van der Waals surface area contributed by atoms with Gasteiger partial charge in [0.2, 0.25) is 5.91 Å². The van der Waals surface area contributed by atoms with Gasteiger partial charge in [0, 0.05) is 0 Å². The first-order valence-corrected chi connectivity index (χ1v) is 12.0. The Bertz CT molecular complexity index is 1380. The molecule has 1 atom stereocenters. The quantitative estimate of drug-likeness (QED) is 0.475. The molecule has 1 heterocycles. The third-order valence-electron chi connectivity index (χ3n) is 5.79. The highest BCUT2D eigenvalue weighted by molar-refractivity contribution is 7.89. The molecule has 0 N–H and O–H groups in total. The highest BCUT2D eigenvalue weighted by Crippen LogP contribution is 2.40. The van der Waals surface area contributed by atoms with Gasteiger partial charge in [-0.25, -0.2) is 12.7 Å². The summed E-state index contributed by atoms with van der Waals surface area (Å²) in [6.07, 6.45) is -3.02. The van der Waals surface area contributed by atoms with Gasteiger partial charge in [-0.3, -0.25) is 4.79 Å². The first-order valence-electron chi connectivity index (χ1n) is 10.6. The van der Waals surface area contributed by atoms with Gasteiger partial charge in [-0.15, -0.1) is 0 Å². The van der Waals surface area contributed by atoms with Crippen molar-refractivity contribution in [3.63, 3.8) is 0 Å². The lowest BCUT2D eigenvalue weighted by Crippen LogP contribution is -2.43. The number of carbonyl (C=O) groups excluding carboxylic acids is 1. The summed E-state index contributed by atoms with van der Waals surface area (Å²) in [7, 11) is -4.16. The van der Waals surface area contributed by atoms with Crippen LogP contribution in [0.4, 0.5) is 13.2 Å². The monoisotopic (exact) mass is 485 g/mol. The zero-order valence-electron chi connectivity index (χ0n) is 18.5. The van der Waals surface area contributed by atoms with Gasteiger partial charge in [-0.2, -0.15) is 13.2 Å². The Hall–Kier alpha value is -3.39. The summed E-state index contributed by atoms with van der Waals surface area (Å²) in [5.74, 6) is -1.78. The predicted octanol–water partition coefficient (Wildman–Crippen LogP) is 5.72. The zero-order valence-corrected chi connectivity index (χ0v) is 19.3. The Labute approximate surface area is 196 Å². The van der Waals surface area contributed by atoms with E-state index in [-0.39, 0.29) is 17.0 Å². The van der Waals surface area contributed by atoms with Crippen LogP contribution in [-0.4, -0.2) is 25.2 Å². The molecule has 0 saturated carbocycles. The Morgan fingerprint density at radius 3 is 2.21 bits per heavy atom. The normalized spacial score (nSPS) is 17.0. The molecule has 3 aromatic carbocycles. The Morgan fingerprint density at radius 1 is 0.882 bits per heavy atom. The molecule has 3 aromatic rings. The van der Waals surface area contributed by atoms with Gasteiger partial charge in [0.1, 0.15) is 0 Å². The Balaban J connectivity index is 1.85. The Morgan fingerprint density at radius 2 is 1.56 bits per heavy atom. The third-order valence-corrected chi connectivity index (χ3v) is 7.57. The van der Waals surface area contributed by atoms with Crippen LogP contribution < -0.4 is 0 Å². The average Bonchev–Trinajstić information content (AvgIpc) is 2.78. The summed E-state index contributed by atoms with van der Waals surface area (Å²) >= 11 is 0. The fourth-order valence-electron chi connectivity index (χ4n) is 4.05. The number of nitrogens with zero attached hydrogens (tertiary/aromatic N) is 1. The van der Waals surface area contributed by atoms with E-state index in [2.05, 4.69) is 0 Å². The molecule has 34 heavy (non-hydrogen) atoms. The van der Waals surface area contributed by atoms with Crippen molar-refractivity contribution in [1.82, 2.24) is 4.31 Å². The van der Waals surface area contributed by atoms with E-state index < -0.39 is 33.6 Å². The van der Waals surface area contributed by atoms with Crippen molar-refractivity contribution in [3.8, 4) is 0 Å². The molecule has 4 rings (SSSR count). The van der Waals surface area contributed by atoms with Crippen molar-refractivity contribution in [1.29, 1.82) is 0 Å². The fraction of sp³-hybridized carbons (Fsp3) is 0.192. The van der Waals surface area contributed by atoms with Crippen molar-refractivity contribution in [2.24, 2.45) is 0 Å². The summed E-state index contributed by atoms with van der Waals surface area (Å²) in [6.45, 7) is 3.37. The van der Waals surface area contributed by atoms with E-state index in [1.807, 2.05) is 19.9 Å².